The summed E-state index contributed by atoms with van der Waals surface area (Å²) in [6.45, 7) is 14.2. The van der Waals surface area contributed by atoms with E-state index in [1.807, 2.05) is 59.0 Å². The number of carboxylic acids is 1. The maximum atomic E-state index is 13.9. The van der Waals surface area contributed by atoms with Gasteiger partial charge in [-0.2, -0.15) is 13.5 Å². The van der Waals surface area contributed by atoms with Gasteiger partial charge >= 0.3 is 18.1 Å². The zero-order chi connectivity index (χ0) is 73.4. The predicted molar refractivity (Wildman–Crippen MR) is 385 cm³/mol. The number of carbonyl (C=O) groups excluding carboxylic acids is 6. The number of thiazole rings is 1. The predicted octanol–water partition coefficient (Wildman–Crippen LogP) is 8.67. The lowest BCUT2D eigenvalue weighted by Gasteiger charge is -2.69. The van der Waals surface area contributed by atoms with Crippen molar-refractivity contribution in [1.82, 2.24) is 45.3 Å². The van der Waals surface area contributed by atoms with Crippen LogP contribution in [0.15, 0.2) is 97.0 Å². The summed E-state index contributed by atoms with van der Waals surface area (Å²) in [6, 6.07) is 20.4. The van der Waals surface area contributed by atoms with E-state index in [0.29, 0.717) is 90.6 Å². The van der Waals surface area contributed by atoms with Gasteiger partial charge in [-0.25, -0.2) is 37.5 Å². The third-order valence-corrected chi connectivity index (χ3v) is 22.4. The van der Waals surface area contributed by atoms with E-state index in [1.165, 1.54) is 16.2 Å². The number of hydrogen-bond donors (Lipinski definition) is 9. The highest BCUT2D eigenvalue weighted by atomic mass is 32.2. The molecule has 548 valence electrons. The number of pyridine rings is 1. The Kier molecular flexibility index (Phi) is 23.6. The van der Waals surface area contributed by atoms with E-state index in [-0.39, 0.29) is 85.9 Å². The van der Waals surface area contributed by atoms with Crippen LogP contribution < -0.4 is 41.9 Å². The van der Waals surface area contributed by atoms with Crippen molar-refractivity contribution in [3.63, 3.8) is 0 Å². The van der Waals surface area contributed by atoms with Gasteiger partial charge in [0, 0.05) is 85.7 Å². The first-order chi connectivity index (χ1) is 48.3. The normalized spacial score (nSPS) is 20.4. The topological polar surface area (TPSA) is 395 Å². The molecule has 5 aliphatic rings. The summed E-state index contributed by atoms with van der Waals surface area (Å²) in [7, 11) is -8.07. The summed E-state index contributed by atoms with van der Waals surface area (Å²) in [5, 5.41) is 30.7. The first kappa shape index (κ1) is 75.8. The molecule has 7 amide bonds. The fourth-order valence-corrected chi connectivity index (χ4v) is 18.0. The molecule has 4 saturated carbocycles. The van der Waals surface area contributed by atoms with Crippen molar-refractivity contribution in [3.05, 3.63) is 131 Å². The van der Waals surface area contributed by atoms with Gasteiger partial charge in [0.1, 0.15) is 24.5 Å². The number of rotatable bonds is 34. The molecule has 4 bridgehead atoms. The van der Waals surface area contributed by atoms with Crippen molar-refractivity contribution in [2.24, 2.45) is 27.9 Å². The molecule has 4 heterocycles. The van der Waals surface area contributed by atoms with Crippen LogP contribution in [0.1, 0.15) is 148 Å². The average molecular weight is 1460 g/mol. The first-order valence-corrected chi connectivity index (χ1v) is 38.3. The number of carboxylic acid groups (broad SMARTS) is 1. The summed E-state index contributed by atoms with van der Waals surface area (Å²) in [5.41, 5.74) is 9.79. The SMILES string of the molecule is C=CS(=O)(=O)NCCCCCC(=O)N[C@H](C(=O)N[C@@H](CCCNC(N)=O)C(=O)Nc1ccc(COC(=O)N(CCOC23CC4(C)CC(C)(CC(Cn5ncc(-c6ccc(N7CCc8cccc(C(=O)Nc9nc%10ccccc%10s9)c8C7)nc6C(=O)O)c5C)(C4)C2)C3)CCS(=O)(=O)O)cc1)C(C)C. The van der Waals surface area contributed by atoms with Crippen molar-refractivity contribution >= 4 is 100 Å². The number of aromatic nitrogens is 4. The standard InChI is InChI=1S/C71H91N13O15S3/c1-7-101(93,94)75-29-12-8-9-20-58(85)80-59(45(2)3)63(88)77-55(18-14-28-73-65(72)91)62(87)76-49-23-21-47(22-24-49)37-98-67(92)82(32-34-102(95,96)97)31-33-99-71-41-68(5)38-69(6,42-71)40-70(39-68,43-71)44-84-46(4)52(35-74-84)50-25-26-57(79-60(50)64(89)90)83-30-27-48-15-13-16-51(53(48)36-83)61(86)81-66-78-54-17-10-11-19-56(54)100-66/h7,10-11,13,15-17,19,21-26,35,45,55,59,75H,1,8-9,12,14,18,20,27-34,36-44H2,2-6H3,(H,76,87)(H,77,88)(H,80,85)(H,89,90)(H3,72,73,91)(H,78,81,86)(H,95,96,97)/t55-,59-,68?,69?,70?,71?/m0/s1. The van der Waals surface area contributed by atoms with Crippen molar-refractivity contribution in [1.29, 1.82) is 0 Å². The van der Waals surface area contributed by atoms with Crippen LogP contribution >= 0.6 is 11.3 Å². The molecule has 6 aromatic rings. The summed E-state index contributed by atoms with van der Waals surface area (Å²) in [6.07, 6.45) is 8.25. The van der Waals surface area contributed by atoms with Gasteiger partial charge in [0.05, 0.1) is 34.4 Å². The number of anilines is 3. The summed E-state index contributed by atoms with van der Waals surface area (Å²) in [5.74, 6) is -3.78. The zero-order valence-electron chi connectivity index (χ0n) is 58.0. The molecule has 11 rings (SSSR count). The van der Waals surface area contributed by atoms with Gasteiger partial charge in [-0.05, 0) is 159 Å². The fraction of sp³-hybridized carbons (Fsp3) is 0.493. The monoisotopic (exact) mass is 1460 g/mol. The van der Waals surface area contributed by atoms with E-state index in [1.54, 1.807) is 56.4 Å². The molecule has 0 radical (unpaired) electrons. The molecule has 2 unspecified atom stereocenters. The molecular weight excluding hydrogens is 1370 g/mol. The van der Waals surface area contributed by atoms with Crippen LogP contribution in [0.2, 0.25) is 0 Å². The Hall–Kier alpha value is -8.88. The minimum atomic E-state index is -4.51. The van der Waals surface area contributed by atoms with Gasteiger partial charge in [-0.1, -0.05) is 88.4 Å². The molecular formula is C71H91N13O15S3. The quantitative estimate of drug-likeness (QED) is 0.0135. The van der Waals surface area contributed by atoms with Crippen LogP contribution in [0.3, 0.4) is 0 Å². The number of benzene rings is 3. The second-order valence-electron chi connectivity index (χ2n) is 28.7. The second-order valence-corrected chi connectivity index (χ2v) is 33.0. The number of fused-ring (bicyclic) bond motifs is 2. The molecule has 28 nitrogen and oxygen atoms in total. The van der Waals surface area contributed by atoms with Crippen molar-refractivity contribution in [2.45, 2.75) is 155 Å². The minimum absolute atomic E-state index is 0.0262. The largest absolute Gasteiger partial charge is 0.476 e. The molecule has 10 N–H and O–H groups in total. The Morgan fingerprint density at radius 3 is 2.26 bits per heavy atom. The number of unbranched alkanes of at least 4 members (excludes halogenated alkanes) is 2. The lowest BCUT2D eigenvalue weighted by Crippen LogP contribution is -2.64. The number of hydrogen-bond acceptors (Lipinski definition) is 18. The summed E-state index contributed by atoms with van der Waals surface area (Å²) in [4.78, 5) is 105. The number of nitrogens with one attached hydrogen (secondary N) is 6. The van der Waals surface area contributed by atoms with Crippen LogP contribution in [0.4, 0.5) is 26.2 Å². The number of nitrogens with zero attached hydrogens (tertiary/aromatic N) is 6. The maximum Gasteiger partial charge on any atom is 0.410 e. The summed E-state index contributed by atoms with van der Waals surface area (Å²) < 4.78 is 75.2. The molecule has 0 spiro atoms. The number of para-hydroxylation sites is 1. The summed E-state index contributed by atoms with van der Waals surface area (Å²) >= 11 is 1.40. The van der Waals surface area contributed by atoms with E-state index in [2.05, 4.69) is 56.7 Å². The van der Waals surface area contributed by atoms with Gasteiger partial charge in [-0.3, -0.25) is 33.7 Å². The Balaban J connectivity index is 0.751. The number of aromatic carboxylic acids is 1. The van der Waals surface area contributed by atoms with Gasteiger partial charge in [0.15, 0.2) is 10.8 Å². The van der Waals surface area contributed by atoms with Gasteiger partial charge in [0.25, 0.3) is 16.0 Å². The van der Waals surface area contributed by atoms with Crippen molar-refractivity contribution in [2.75, 3.05) is 60.6 Å². The molecule has 1 aliphatic heterocycles. The number of sulfonamides is 1. The zero-order valence-corrected chi connectivity index (χ0v) is 60.5. The highest BCUT2D eigenvalue weighted by Gasteiger charge is 2.66. The van der Waals surface area contributed by atoms with Crippen molar-refractivity contribution < 1.29 is 69.5 Å². The Morgan fingerprint density at radius 1 is 0.824 bits per heavy atom. The molecule has 0 saturated heterocycles. The van der Waals surface area contributed by atoms with Crippen LogP contribution in [-0.2, 0) is 70.1 Å². The number of ether oxygens (including phenoxy) is 2. The first-order valence-electron chi connectivity index (χ1n) is 34.3. The Morgan fingerprint density at radius 2 is 1.57 bits per heavy atom. The van der Waals surface area contributed by atoms with Crippen LogP contribution in [0, 0.1) is 29.1 Å². The lowest BCUT2D eigenvalue weighted by atomic mass is 9.39. The van der Waals surface area contributed by atoms with E-state index < -0.39 is 85.9 Å². The lowest BCUT2D eigenvalue weighted by molar-refractivity contribution is -0.248. The highest BCUT2D eigenvalue weighted by Crippen LogP contribution is 2.72. The van der Waals surface area contributed by atoms with Crippen LogP contribution in [0.25, 0.3) is 21.3 Å². The number of primary amides is 1. The molecule has 31 heteroatoms. The minimum Gasteiger partial charge on any atom is -0.476 e. The van der Waals surface area contributed by atoms with Gasteiger partial charge < -0.3 is 51.4 Å². The smallest absolute Gasteiger partial charge is 0.410 e. The van der Waals surface area contributed by atoms with Crippen LogP contribution in [0.5, 0.6) is 0 Å². The molecule has 102 heavy (non-hydrogen) atoms. The number of amides is 7. The molecule has 4 aliphatic carbocycles. The van der Waals surface area contributed by atoms with E-state index in [9.17, 15) is 60.1 Å². The third kappa shape index (κ3) is 19.2. The Bertz CT molecular complexity index is 4320. The number of carbonyl (C=O) groups is 7. The second kappa shape index (κ2) is 31.8. The van der Waals surface area contributed by atoms with E-state index in [4.69, 9.17) is 25.3 Å². The highest BCUT2D eigenvalue weighted by molar-refractivity contribution is 7.92. The molecule has 3 aromatic heterocycles. The van der Waals surface area contributed by atoms with E-state index in [0.717, 1.165) is 64.5 Å². The van der Waals surface area contributed by atoms with Gasteiger partial charge in [-0.15, -0.1) is 0 Å². The molecule has 4 atom stereocenters. The molecule has 3 aromatic carbocycles. The van der Waals surface area contributed by atoms with Gasteiger partial charge in [0.2, 0.25) is 27.7 Å². The number of nitrogens with two attached hydrogens (primary N) is 1. The maximum absolute atomic E-state index is 13.9. The fourth-order valence-electron chi connectivity index (χ4n) is 16.2. The van der Waals surface area contributed by atoms with Crippen LogP contribution in [-0.4, -0.2) is 156 Å². The third-order valence-electron chi connectivity index (χ3n) is 19.7. The Labute approximate surface area is 597 Å². The number of urea groups is 1. The van der Waals surface area contributed by atoms with E-state index >= 15 is 0 Å². The molecule has 4 fully saturated rings. The average Bonchev–Trinajstić information content (AvgIpc) is 0.733. The van der Waals surface area contributed by atoms with Crippen molar-refractivity contribution in [3.8, 4) is 11.1 Å².